The van der Waals surface area contributed by atoms with Crippen LogP contribution in [0.2, 0.25) is 0 Å². The van der Waals surface area contributed by atoms with E-state index in [9.17, 15) is 9.90 Å². The molecule has 1 aromatic carbocycles. The average Bonchev–Trinajstić information content (AvgIpc) is 3.17. The van der Waals surface area contributed by atoms with E-state index in [0.29, 0.717) is 17.9 Å². The minimum Gasteiger partial charge on any atom is -0.388 e. The number of aliphatic hydroxyl groups is 1. The van der Waals surface area contributed by atoms with E-state index in [4.69, 9.17) is 0 Å². The Morgan fingerprint density at radius 1 is 1.45 bits per heavy atom. The highest BCUT2D eigenvalue weighted by atomic mass is 16.3. The molecule has 1 aromatic heterocycles. The minimum atomic E-state index is -0.894. The molecule has 1 aliphatic heterocycles. The number of carbonyl (C=O) groups is 1. The number of carbonyl (C=O) groups excluding carboxylic acids is 1. The highest BCUT2D eigenvalue weighted by Gasteiger charge is 2.38. The summed E-state index contributed by atoms with van der Waals surface area (Å²) in [5.41, 5.74) is 0.529. The molecule has 0 saturated carbocycles. The molecule has 0 spiro atoms. The van der Waals surface area contributed by atoms with Crippen molar-refractivity contribution in [1.29, 1.82) is 0 Å². The number of benzene rings is 1. The number of likely N-dealkylation sites (tertiary alicyclic amines) is 1. The first-order valence-corrected chi connectivity index (χ1v) is 7.46. The third-order valence-corrected chi connectivity index (χ3v) is 4.13. The number of H-pyrrole nitrogens is 1. The molecule has 116 valence electrons. The van der Waals surface area contributed by atoms with E-state index in [1.807, 2.05) is 18.2 Å². The Morgan fingerprint density at radius 3 is 2.95 bits per heavy atom. The maximum Gasteiger partial charge on any atom is 0.254 e. The van der Waals surface area contributed by atoms with E-state index in [1.54, 1.807) is 24.8 Å². The highest BCUT2D eigenvalue weighted by Crippen LogP contribution is 2.28. The van der Waals surface area contributed by atoms with Crippen LogP contribution in [-0.4, -0.2) is 49.3 Å². The summed E-state index contributed by atoms with van der Waals surface area (Å²) in [6.45, 7) is 4.20. The lowest BCUT2D eigenvalue weighted by molar-refractivity contribution is 0.000338. The first-order chi connectivity index (χ1) is 10.5. The van der Waals surface area contributed by atoms with Crippen molar-refractivity contribution in [2.75, 3.05) is 6.54 Å². The van der Waals surface area contributed by atoms with E-state index in [-0.39, 0.29) is 11.9 Å². The van der Waals surface area contributed by atoms with Crippen LogP contribution in [0.5, 0.6) is 0 Å². The van der Waals surface area contributed by atoms with Crippen molar-refractivity contribution in [3.05, 3.63) is 36.2 Å². The summed E-state index contributed by atoms with van der Waals surface area (Å²) in [6.07, 6.45) is 3.19. The number of rotatable bonds is 3. The first kappa shape index (κ1) is 14.7. The van der Waals surface area contributed by atoms with E-state index in [1.165, 1.54) is 6.33 Å². The third-order valence-electron chi connectivity index (χ3n) is 4.13. The fourth-order valence-corrected chi connectivity index (χ4v) is 3.05. The summed E-state index contributed by atoms with van der Waals surface area (Å²) in [5.74, 6) is 0.584. The minimum absolute atomic E-state index is 0.0500. The van der Waals surface area contributed by atoms with E-state index in [2.05, 4.69) is 15.2 Å². The molecule has 1 atom stereocenters. The standard InChI is InChI=1S/C16H20N4O2/c1-16(2,22)13-7-4-8-20(13)15(21)12-6-3-5-11(9-12)14-17-10-18-19-14/h3,5-6,9-10,13,22H,4,7-8H2,1-2H3,(H,17,18,19). The van der Waals surface area contributed by atoms with Gasteiger partial charge in [-0.25, -0.2) is 4.98 Å². The van der Waals surface area contributed by atoms with Crippen molar-refractivity contribution in [2.24, 2.45) is 0 Å². The predicted octanol–water partition coefficient (Wildman–Crippen LogP) is 1.85. The van der Waals surface area contributed by atoms with Gasteiger partial charge in [-0.2, -0.15) is 5.10 Å². The lowest BCUT2D eigenvalue weighted by Gasteiger charge is -2.33. The summed E-state index contributed by atoms with van der Waals surface area (Å²) in [7, 11) is 0. The van der Waals surface area contributed by atoms with Crippen LogP contribution in [0.4, 0.5) is 0 Å². The van der Waals surface area contributed by atoms with Crippen molar-refractivity contribution in [2.45, 2.75) is 38.3 Å². The van der Waals surface area contributed by atoms with Crippen LogP contribution in [-0.2, 0) is 0 Å². The number of hydrogen-bond donors (Lipinski definition) is 2. The van der Waals surface area contributed by atoms with Gasteiger partial charge in [-0.15, -0.1) is 0 Å². The van der Waals surface area contributed by atoms with Gasteiger partial charge in [0.05, 0.1) is 11.6 Å². The smallest absolute Gasteiger partial charge is 0.254 e. The van der Waals surface area contributed by atoms with Crippen LogP contribution in [0.25, 0.3) is 11.4 Å². The fourth-order valence-electron chi connectivity index (χ4n) is 3.05. The van der Waals surface area contributed by atoms with Crippen LogP contribution < -0.4 is 0 Å². The molecule has 1 saturated heterocycles. The molecule has 6 nitrogen and oxygen atoms in total. The topological polar surface area (TPSA) is 82.1 Å². The van der Waals surface area contributed by atoms with Gasteiger partial charge >= 0.3 is 0 Å². The zero-order valence-electron chi connectivity index (χ0n) is 12.8. The molecule has 22 heavy (non-hydrogen) atoms. The Balaban J connectivity index is 1.88. The van der Waals surface area contributed by atoms with Crippen LogP contribution in [0.1, 0.15) is 37.0 Å². The highest BCUT2D eigenvalue weighted by molar-refractivity contribution is 5.95. The molecule has 1 fully saturated rings. The van der Waals surface area contributed by atoms with Crippen LogP contribution in [0.3, 0.4) is 0 Å². The molecule has 2 aromatic rings. The molecule has 1 aliphatic rings. The molecule has 1 unspecified atom stereocenters. The SMILES string of the molecule is CC(C)(O)C1CCCN1C(=O)c1cccc(-c2ncn[nH]2)c1. The van der Waals surface area contributed by atoms with Gasteiger partial charge in [0, 0.05) is 17.7 Å². The van der Waals surface area contributed by atoms with Crippen molar-refractivity contribution in [3.63, 3.8) is 0 Å². The number of amides is 1. The molecule has 0 aliphatic carbocycles. The van der Waals surface area contributed by atoms with Crippen molar-refractivity contribution in [3.8, 4) is 11.4 Å². The first-order valence-electron chi connectivity index (χ1n) is 7.46. The molecule has 0 bridgehead atoms. The lowest BCUT2D eigenvalue weighted by atomic mass is 9.96. The Labute approximate surface area is 129 Å². The average molecular weight is 300 g/mol. The molecule has 1 amide bonds. The molecular formula is C16H20N4O2. The second-order valence-corrected chi connectivity index (χ2v) is 6.23. The van der Waals surface area contributed by atoms with Gasteiger partial charge in [-0.05, 0) is 38.8 Å². The monoisotopic (exact) mass is 300 g/mol. The summed E-state index contributed by atoms with van der Waals surface area (Å²) in [5, 5.41) is 16.9. The molecule has 2 heterocycles. The largest absolute Gasteiger partial charge is 0.388 e. The summed E-state index contributed by atoms with van der Waals surface area (Å²) >= 11 is 0. The zero-order valence-corrected chi connectivity index (χ0v) is 12.8. The van der Waals surface area contributed by atoms with Gasteiger partial charge in [-0.1, -0.05) is 12.1 Å². The molecule has 3 rings (SSSR count). The predicted molar refractivity (Wildman–Crippen MR) is 82.2 cm³/mol. The zero-order chi connectivity index (χ0) is 15.7. The van der Waals surface area contributed by atoms with Gasteiger partial charge in [0.2, 0.25) is 0 Å². The molecule has 2 N–H and O–H groups in total. The number of nitrogens with one attached hydrogen (secondary N) is 1. The summed E-state index contributed by atoms with van der Waals surface area (Å²) in [6, 6.07) is 7.17. The fraction of sp³-hybridized carbons (Fsp3) is 0.438. The van der Waals surface area contributed by atoms with Crippen molar-refractivity contribution < 1.29 is 9.90 Å². The molecular weight excluding hydrogens is 280 g/mol. The van der Waals surface area contributed by atoms with Gasteiger partial charge in [0.1, 0.15) is 6.33 Å². The Kier molecular flexibility index (Phi) is 3.70. The van der Waals surface area contributed by atoms with Gasteiger partial charge in [0.25, 0.3) is 5.91 Å². The number of aromatic nitrogens is 3. The van der Waals surface area contributed by atoms with Crippen LogP contribution in [0, 0.1) is 0 Å². The normalized spacial score (nSPS) is 18.7. The van der Waals surface area contributed by atoms with Gasteiger partial charge in [-0.3, -0.25) is 9.89 Å². The van der Waals surface area contributed by atoms with Crippen molar-refractivity contribution in [1.82, 2.24) is 20.1 Å². The maximum atomic E-state index is 12.8. The number of nitrogens with zero attached hydrogens (tertiary/aromatic N) is 3. The third kappa shape index (κ3) is 2.74. The van der Waals surface area contributed by atoms with Crippen LogP contribution in [0.15, 0.2) is 30.6 Å². The Hall–Kier alpha value is -2.21. The quantitative estimate of drug-likeness (QED) is 0.906. The lowest BCUT2D eigenvalue weighted by Crippen LogP contribution is -2.48. The maximum absolute atomic E-state index is 12.8. The second kappa shape index (κ2) is 5.53. The van der Waals surface area contributed by atoms with E-state index >= 15 is 0 Å². The van der Waals surface area contributed by atoms with Crippen molar-refractivity contribution >= 4 is 5.91 Å². The van der Waals surface area contributed by atoms with E-state index in [0.717, 1.165) is 18.4 Å². The van der Waals surface area contributed by atoms with E-state index < -0.39 is 5.60 Å². The molecule has 0 radical (unpaired) electrons. The Bertz CT molecular complexity index is 661. The number of hydrogen-bond acceptors (Lipinski definition) is 4. The Morgan fingerprint density at radius 2 is 2.27 bits per heavy atom. The van der Waals surface area contributed by atoms with Crippen LogP contribution >= 0.6 is 0 Å². The molecule has 6 heteroatoms. The van der Waals surface area contributed by atoms with Gasteiger partial charge in [0.15, 0.2) is 5.82 Å². The summed E-state index contributed by atoms with van der Waals surface area (Å²) < 4.78 is 0. The number of aromatic amines is 1. The van der Waals surface area contributed by atoms with Gasteiger partial charge < -0.3 is 10.0 Å². The summed E-state index contributed by atoms with van der Waals surface area (Å²) in [4.78, 5) is 18.7. The second-order valence-electron chi connectivity index (χ2n) is 6.23.